The Bertz CT molecular complexity index is 570. The molecule has 0 saturated carbocycles. The summed E-state index contributed by atoms with van der Waals surface area (Å²) in [5, 5.41) is 0. The molecule has 0 bridgehead atoms. The molecule has 3 heteroatoms. The molecule has 3 rings (SSSR count). The van der Waals surface area contributed by atoms with E-state index >= 15 is 0 Å². The molecule has 2 heterocycles. The summed E-state index contributed by atoms with van der Waals surface area (Å²) in [4.78, 5) is 6.96. The lowest BCUT2D eigenvalue weighted by Crippen LogP contribution is -2.23. The fourth-order valence-electron chi connectivity index (χ4n) is 3.06. The first-order valence-corrected chi connectivity index (χ1v) is 7.74. The van der Waals surface area contributed by atoms with Crippen molar-refractivity contribution in [1.29, 1.82) is 0 Å². The second-order valence-electron chi connectivity index (χ2n) is 5.46. The summed E-state index contributed by atoms with van der Waals surface area (Å²) in [5.41, 5.74) is 2.40. The fraction of sp³-hybridized carbons (Fsp3) is 0.389. The average Bonchev–Trinajstić information content (AvgIpc) is 3.02. The van der Waals surface area contributed by atoms with Crippen LogP contribution in [0.1, 0.15) is 36.9 Å². The molecule has 1 aromatic heterocycles. The van der Waals surface area contributed by atoms with Crippen LogP contribution in [0.15, 0.2) is 48.7 Å². The van der Waals surface area contributed by atoms with Crippen molar-refractivity contribution in [2.45, 2.75) is 32.4 Å². The van der Waals surface area contributed by atoms with Crippen molar-refractivity contribution in [3.8, 4) is 5.88 Å². The SMILES string of the molecule is CCN1CCC[C@@H]1c1cccnc1OCc1ccccc1. The summed E-state index contributed by atoms with van der Waals surface area (Å²) in [6.07, 6.45) is 4.27. The van der Waals surface area contributed by atoms with Crippen LogP contribution < -0.4 is 4.74 Å². The van der Waals surface area contributed by atoms with Gasteiger partial charge in [-0.2, -0.15) is 0 Å². The Labute approximate surface area is 126 Å². The average molecular weight is 282 g/mol. The van der Waals surface area contributed by atoms with E-state index in [1.807, 2.05) is 30.5 Å². The number of nitrogens with zero attached hydrogens (tertiary/aromatic N) is 2. The number of aromatic nitrogens is 1. The highest BCUT2D eigenvalue weighted by molar-refractivity contribution is 5.30. The molecule has 0 amide bonds. The van der Waals surface area contributed by atoms with Crippen molar-refractivity contribution >= 4 is 0 Å². The van der Waals surface area contributed by atoms with Gasteiger partial charge in [-0.05, 0) is 37.6 Å². The molecule has 0 unspecified atom stereocenters. The number of pyridine rings is 1. The van der Waals surface area contributed by atoms with Crippen molar-refractivity contribution in [1.82, 2.24) is 9.88 Å². The van der Waals surface area contributed by atoms with Crippen molar-refractivity contribution in [3.63, 3.8) is 0 Å². The second-order valence-corrected chi connectivity index (χ2v) is 5.46. The van der Waals surface area contributed by atoms with Crippen LogP contribution in [-0.2, 0) is 6.61 Å². The normalized spacial score (nSPS) is 18.8. The molecule has 2 aromatic rings. The molecule has 0 aliphatic carbocycles. The van der Waals surface area contributed by atoms with Crippen LogP contribution in [0.2, 0.25) is 0 Å². The highest BCUT2D eigenvalue weighted by atomic mass is 16.5. The van der Waals surface area contributed by atoms with Crippen molar-refractivity contribution in [3.05, 3.63) is 59.8 Å². The monoisotopic (exact) mass is 282 g/mol. The van der Waals surface area contributed by atoms with E-state index in [2.05, 4.69) is 35.0 Å². The van der Waals surface area contributed by atoms with Crippen LogP contribution in [0.3, 0.4) is 0 Å². The fourth-order valence-corrected chi connectivity index (χ4v) is 3.06. The third-order valence-electron chi connectivity index (χ3n) is 4.15. The van der Waals surface area contributed by atoms with Crippen LogP contribution in [0.4, 0.5) is 0 Å². The summed E-state index contributed by atoms with van der Waals surface area (Å²) >= 11 is 0. The molecule has 1 saturated heterocycles. The summed E-state index contributed by atoms with van der Waals surface area (Å²) in [5.74, 6) is 0.784. The van der Waals surface area contributed by atoms with Gasteiger partial charge in [-0.1, -0.05) is 43.3 Å². The maximum Gasteiger partial charge on any atom is 0.218 e. The number of likely N-dealkylation sites (tertiary alicyclic amines) is 1. The first-order valence-electron chi connectivity index (χ1n) is 7.74. The molecule has 0 N–H and O–H groups in total. The first kappa shape index (κ1) is 14.1. The summed E-state index contributed by atoms with van der Waals surface area (Å²) < 4.78 is 5.99. The van der Waals surface area contributed by atoms with E-state index in [4.69, 9.17) is 4.74 Å². The third-order valence-corrected chi connectivity index (χ3v) is 4.15. The van der Waals surface area contributed by atoms with Gasteiger partial charge in [-0.25, -0.2) is 4.98 Å². The maximum atomic E-state index is 5.99. The van der Waals surface area contributed by atoms with Crippen LogP contribution >= 0.6 is 0 Å². The van der Waals surface area contributed by atoms with E-state index in [0.717, 1.165) is 12.4 Å². The van der Waals surface area contributed by atoms with E-state index in [-0.39, 0.29) is 0 Å². The van der Waals surface area contributed by atoms with Crippen molar-refractivity contribution in [2.75, 3.05) is 13.1 Å². The maximum absolute atomic E-state index is 5.99. The Morgan fingerprint density at radius 2 is 2.05 bits per heavy atom. The summed E-state index contributed by atoms with van der Waals surface area (Å²) in [6, 6.07) is 14.9. The molecule has 1 atom stereocenters. The quantitative estimate of drug-likeness (QED) is 0.833. The van der Waals surface area contributed by atoms with Crippen LogP contribution in [0, 0.1) is 0 Å². The third kappa shape index (κ3) is 3.24. The van der Waals surface area contributed by atoms with Crippen LogP contribution in [-0.4, -0.2) is 23.0 Å². The number of rotatable bonds is 5. The molecule has 1 aromatic carbocycles. The molecule has 1 aliphatic rings. The number of benzene rings is 1. The van der Waals surface area contributed by atoms with Gasteiger partial charge < -0.3 is 4.74 Å². The van der Waals surface area contributed by atoms with E-state index in [1.54, 1.807) is 0 Å². The minimum Gasteiger partial charge on any atom is -0.473 e. The second kappa shape index (κ2) is 6.72. The largest absolute Gasteiger partial charge is 0.473 e. The van der Waals surface area contributed by atoms with Gasteiger partial charge in [0.1, 0.15) is 6.61 Å². The van der Waals surface area contributed by atoms with Crippen molar-refractivity contribution < 1.29 is 4.74 Å². The molecular weight excluding hydrogens is 260 g/mol. The topological polar surface area (TPSA) is 25.4 Å². The molecule has 21 heavy (non-hydrogen) atoms. The summed E-state index contributed by atoms with van der Waals surface area (Å²) in [6.45, 7) is 5.05. The molecule has 0 spiro atoms. The standard InChI is InChI=1S/C18H22N2O/c1-2-20-13-7-11-17(20)16-10-6-12-19-18(16)21-14-15-8-4-3-5-9-15/h3-6,8-10,12,17H,2,7,11,13-14H2,1H3/t17-/m1/s1. The molecule has 1 aliphatic heterocycles. The number of hydrogen-bond donors (Lipinski definition) is 0. The van der Waals surface area contributed by atoms with E-state index in [1.165, 1.54) is 30.5 Å². The van der Waals surface area contributed by atoms with Gasteiger partial charge in [0, 0.05) is 17.8 Å². The Morgan fingerprint density at radius 3 is 2.86 bits per heavy atom. The molecule has 1 fully saturated rings. The number of hydrogen-bond acceptors (Lipinski definition) is 3. The van der Waals surface area contributed by atoms with E-state index in [9.17, 15) is 0 Å². The molecule has 110 valence electrons. The zero-order valence-corrected chi connectivity index (χ0v) is 12.5. The van der Waals surface area contributed by atoms with Gasteiger partial charge in [0.05, 0.1) is 0 Å². The molecule has 0 radical (unpaired) electrons. The van der Waals surface area contributed by atoms with E-state index in [0.29, 0.717) is 12.6 Å². The highest BCUT2D eigenvalue weighted by Gasteiger charge is 2.27. The molecule has 3 nitrogen and oxygen atoms in total. The Balaban J connectivity index is 1.76. The zero-order valence-electron chi connectivity index (χ0n) is 12.5. The Morgan fingerprint density at radius 1 is 1.19 bits per heavy atom. The zero-order chi connectivity index (χ0) is 14.5. The first-order chi connectivity index (χ1) is 10.4. The molecular formula is C18H22N2O. The van der Waals surface area contributed by atoms with E-state index < -0.39 is 0 Å². The predicted octanol–water partition coefficient (Wildman–Crippen LogP) is 3.82. The Hall–Kier alpha value is -1.87. The minimum atomic E-state index is 0.453. The smallest absolute Gasteiger partial charge is 0.218 e. The lowest BCUT2D eigenvalue weighted by molar-refractivity contribution is 0.247. The van der Waals surface area contributed by atoms with Gasteiger partial charge in [0.15, 0.2) is 0 Å². The predicted molar refractivity (Wildman–Crippen MR) is 84.2 cm³/mol. The van der Waals surface area contributed by atoms with Crippen LogP contribution in [0.5, 0.6) is 5.88 Å². The van der Waals surface area contributed by atoms with Gasteiger partial charge in [-0.15, -0.1) is 0 Å². The van der Waals surface area contributed by atoms with Crippen molar-refractivity contribution in [2.24, 2.45) is 0 Å². The summed E-state index contributed by atoms with van der Waals surface area (Å²) in [7, 11) is 0. The highest BCUT2D eigenvalue weighted by Crippen LogP contribution is 2.35. The Kier molecular flexibility index (Phi) is 4.51. The van der Waals surface area contributed by atoms with Crippen LogP contribution in [0.25, 0.3) is 0 Å². The number of ether oxygens (including phenoxy) is 1. The van der Waals surface area contributed by atoms with Gasteiger partial charge in [0.25, 0.3) is 0 Å². The lowest BCUT2D eigenvalue weighted by Gasteiger charge is -2.24. The lowest BCUT2D eigenvalue weighted by atomic mass is 10.1. The van der Waals surface area contributed by atoms with Gasteiger partial charge in [0.2, 0.25) is 5.88 Å². The minimum absolute atomic E-state index is 0.453. The van der Waals surface area contributed by atoms with Gasteiger partial charge in [-0.3, -0.25) is 4.90 Å². The van der Waals surface area contributed by atoms with Gasteiger partial charge >= 0.3 is 0 Å².